The highest BCUT2D eigenvalue weighted by Gasteiger charge is 2.20. The molecule has 3 heterocycles. The van der Waals surface area contributed by atoms with Crippen LogP contribution in [0.5, 0.6) is 0 Å². The van der Waals surface area contributed by atoms with Gasteiger partial charge in [-0.15, -0.1) is 11.7 Å². The van der Waals surface area contributed by atoms with Crippen LogP contribution in [0.4, 0.5) is 0 Å². The monoisotopic (exact) mass is 371 g/mol. The minimum absolute atomic E-state index is 0.207. The summed E-state index contributed by atoms with van der Waals surface area (Å²) in [4.78, 5) is 21.6. The molecule has 1 aromatic rings. The number of allylic oxidation sites excluding steroid dienone is 1. The van der Waals surface area contributed by atoms with E-state index in [1.807, 2.05) is 24.5 Å². The third kappa shape index (κ3) is 3.71. The standard InChI is InChI=1S/C18H21N5O2S/c1-5-9-23-16(24)13-11-22(17(26-4)20-15(13)21-23)14-8-6-7-12(19-14)10-18(2,3)25/h5-8,11,25H,1,9-10H2,2-4H3. The minimum Gasteiger partial charge on any atom is -0.390 e. The quantitative estimate of drug-likeness (QED) is 0.406. The van der Waals surface area contributed by atoms with Crippen molar-refractivity contribution in [1.29, 1.82) is 0 Å². The van der Waals surface area contributed by atoms with Crippen molar-refractivity contribution in [3.8, 4) is 17.2 Å². The molecule has 136 valence electrons. The molecule has 0 spiro atoms. The lowest BCUT2D eigenvalue weighted by atomic mass is 10.0. The molecular formula is C18H21N5O2S. The number of fused-ring (bicyclic) bond motifs is 1. The van der Waals surface area contributed by atoms with Crippen LogP contribution in [0, 0.1) is 0 Å². The molecule has 7 nitrogen and oxygen atoms in total. The lowest BCUT2D eigenvalue weighted by Gasteiger charge is -2.17. The summed E-state index contributed by atoms with van der Waals surface area (Å²) in [5.74, 6) is 1.05. The normalized spacial score (nSPS) is 11.8. The van der Waals surface area contributed by atoms with Crippen LogP contribution in [0.1, 0.15) is 19.5 Å². The number of aliphatic hydroxyl groups is 1. The summed E-state index contributed by atoms with van der Waals surface area (Å²) in [5, 5.41) is 15.0. The van der Waals surface area contributed by atoms with Crippen LogP contribution in [-0.2, 0) is 13.0 Å². The average molecular weight is 371 g/mol. The van der Waals surface area contributed by atoms with Crippen molar-refractivity contribution in [2.45, 2.75) is 37.6 Å². The Morgan fingerprint density at radius 1 is 1.35 bits per heavy atom. The Kier molecular flexibility index (Phi) is 4.97. The van der Waals surface area contributed by atoms with Gasteiger partial charge in [-0.3, -0.25) is 9.36 Å². The van der Waals surface area contributed by atoms with Crippen LogP contribution in [0.2, 0.25) is 0 Å². The van der Waals surface area contributed by atoms with Gasteiger partial charge in [0.15, 0.2) is 11.0 Å². The molecule has 0 amide bonds. The fourth-order valence-electron chi connectivity index (χ4n) is 2.67. The second-order valence-electron chi connectivity index (χ2n) is 6.59. The summed E-state index contributed by atoms with van der Waals surface area (Å²) in [7, 11) is 0. The van der Waals surface area contributed by atoms with Crippen molar-refractivity contribution < 1.29 is 5.11 Å². The van der Waals surface area contributed by atoms with Crippen LogP contribution in [0.25, 0.3) is 17.2 Å². The maximum absolute atomic E-state index is 12.5. The summed E-state index contributed by atoms with van der Waals surface area (Å²) in [6, 6.07) is 5.59. The van der Waals surface area contributed by atoms with Gasteiger partial charge < -0.3 is 5.11 Å². The highest BCUT2D eigenvalue weighted by Crippen LogP contribution is 2.23. The summed E-state index contributed by atoms with van der Waals surface area (Å²) in [6.45, 7) is 7.47. The number of aromatic nitrogens is 5. The molecule has 0 aliphatic carbocycles. The molecule has 0 aromatic carbocycles. The Bertz CT molecular complexity index is 971. The second-order valence-corrected chi connectivity index (χ2v) is 7.36. The third-order valence-corrected chi connectivity index (χ3v) is 4.38. The number of hydrogen-bond donors (Lipinski definition) is 1. The van der Waals surface area contributed by atoms with Crippen LogP contribution in [0.3, 0.4) is 0 Å². The van der Waals surface area contributed by atoms with Crippen LogP contribution in [0.15, 0.2) is 47.0 Å². The van der Waals surface area contributed by atoms with Gasteiger partial charge in [0, 0.05) is 18.3 Å². The van der Waals surface area contributed by atoms with E-state index in [-0.39, 0.29) is 5.56 Å². The van der Waals surface area contributed by atoms with Gasteiger partial charge in [0.05, 0.1) is 12.1 Å². The Hall–Kier alpha value is -2.45. The first-order valence-electron chi connectivity index (χ1n) is 8.16. The van der Waals surface area contributed by atoms with Crippen molar-refractivity contribution in [2.75, 3.05) is 6.26 Å². The fraction of sp³-hybridized carbons (Fsp3) is 0.333. The van der Waals surface area contributed by atoms with E-state index in [2.05, 4.69) is 21.6 Å². The van der Waals surface area contributed by atoms with E-state index >= 15 is 0 Å². The van der Waals surface area contributed by atoms with E-state index < -0.39 is 5.60 Å². The molecule has 2 aliphatic rings. The number of nitrogens with zero attached hydrogens (tertiary/aromatic N) is 5. The van der Waals surface area contributed by atoms with Crippen molar-refractivity contribution in [3.05, 3.63) is 53.1 Å². The third-order valence-electron chi connectivity index (χ3n) is 3.72. The van der Waals surface area contributed by atoms with Gasteiger partial charge in [0.1, 0.15) is 11.4 Å². The summed E-state index contributed by atoms with van der Waals surface area (Å²) in [6.07, 6.45) is 5.68. The van der Waals surface area contributed by atoms with Gasteiger partial charge in [-0.05, 0) is 32.2 Å². The molecule has 3 rings (SSSR count). The molecule has 26 heavy (non-hydrogen) atoms. The van der Waals surface area contributed by atoms with Gasteiger partial charge in [-0.25, -0.2) is 14.6 Å². The Labute approximate surface area is 155 Å². The van der Waals surface area contributed by atoms with Crippen molar-refractivity contribution in [1.82, 2.24) is 24.3 Å². The van der Waals surface area contributed by atoms with E-state index in [1.165, 1.54) is 16.4 Å². The zero-order valence-corrected chi connectivity index (χ0v) is 15.8. The molecule has 0 saturated carbocycles. The zero-order valence-electron chi connectivity index (χ0n) is 15.0. The largest absolute Gasteiger partial charge is 0.390 e. The van der Waals surface area contributed by atoms with Gasteiger partial charge >= 0.3 is 0 Å². The summed E-state index contributed by atoms with van der Waals surface area (Å²) >= 11 is 1.44. The molecular weight excluding hydrogens is 350 g/mol. The van der Waals surface area contributed by atoms with Crippen molar-refractivity contribution in [3.63, 3.8) is 0 Å². The first kappa shape index (κ1) is 18.3. The smallest absolute Gasteiger partial charge is 0.279 e. The summed E-state index contributed by atoms with van der Waals surface area (Å²) < 4.78 is 3.12. The zero-order chi connectivity index (χ0) is 18.9. The van der Waals surface area contributed by atoms with Gasteiger partial charge in [-0.2, -0.15) is 0 Å². The van der Waals surface area contributed by atoms with Crippen molar-refractivity contribution in [2.24, 2.45) is 0 Å². The van der Waals surface area contributed by atoms with E-state index in [0.29, 0.717) is 35.3 Å². The van der Waals surface area contributed by atoms with Crippen LogP contribution >= 0.6 is 11.8 Å². The number of rotatable bonds is 6. The van der Waals surface area contributed by atoms with E-state index in [1.54, 1.807) is 30.7 Å². The van der Waals surface area contributed by atoms with Crippen LogP contribution < -0.4 is 5.56 Å². The molecule has 1 N–H and O–H groups in total. The highest BCUT2D eigenvalue weighted by atomic mass is 32.2. The molecule has 0 fully saturated rings. The molecule has 0 bridgehead atoms. The SMILES string of the molecule is C=CCn1nc2nc(SC)n(-c3cccc(CC(C)(C)O)n3)cc-2c1=O. The lowest BCUT2D eigenvalue weighted by molar-refractivity contribution is 0.0799. The molecule has 1 aromatic heterocycles. The van der Waals surface area contributed by atoms with Crippen molar-refractivity contribution >= 4 is 11.8 Å². The van der Waals surface area contributed by atoms with Gasteiger partial charge in [0.2, 0.25) is 0 Å². The number of pyridine rings is 1. The Morgan fingerprint density at radius 3 is 2.77 bits per heavy atom. The topological polar surface area (TPSA) is 85.8 Å². The van der Waals surface area contributed by atoms with Gasteiger partial charge in [-0.1, -0.05) is 23.9 Å². The van der Waals surface area contributed by atoms with E-state index in [4.69, 9.17) is 0 Å². The minimum atomic E-state index is -0.852. The molecule has 0 radical (unpaired) electrons. The first-order chi connectivity index (χ1) is 12.3. The maximum atomic E-state index is 12.5. The molecule has 8 heteroatoms. The number of hydrogen-bond acceptors (Lipinski definition) is 6. The maximum Gasteiger partial charge on any atom is 0.279 e. The average Bonchev–Trinajstić information content (AvgIpc) is 2.88. The van der Waals surface area contributed by atoms with Gasteiger partial charge in [0.25, 0.3) is 5.56 Å². The predicted octanol–water partition coefficient (Wildman–Crippen LogP) is 2.15. The molecule has 0 unspecified atom stereocenters. The molecule has 2 aliphatic heterocycles. The fourth-order valence-corrected chi connectivity index (χ4v) is 3.19. The predicted molar refractivity (Wildman–Crippen MR) is 102 cm³/mol. The summed E-state index contributed by atoms with van der Waals surface area (Å²) in [5.41, 5.74) is 0.134. The molecule has 0 saturated heterocycles. The second kappa shape index (κ2) is 7.05. The highest BCUT2D eigenvalue weighted by molar-refractivity contribution is 7.98. The number of thioether (sulfide) groups is 1. The van der Waals surface area contributed by atoms with E-state index in [0.717, 1.165) is 5.69 Å². The molecule has 0 atom stereocenters. The van der Waals surface area contributed by atoms with E-state index in [9.17, 15) is 9.90 Å². The van der Waals surface area contributed by atoms with Crippen LogP contribution in [-0.4, -0.2) is 41.3 Å². The Morgan fingerprint density at radius 2 is 2.12 bits per heavy atom. The Balaban J connectivity index is 2.14. The lowest BCUT2D eigenvalue weighted by Crippen LogP contribution is -2.22. The first-order valence-corrected chi connectivity index (χ1v) is 9.38.